The van der Waals surface area contributed by atoms with Crippen molar-refractivity contribution in [3.63, 3.8) is 0 Å². The number of nitrogens with zero attached hydrogens (tertiary/aromatic N) is 4. The predicted molar refractivity (Wildman–Crippen MR) is 182 cm³/mol. The fraction of sp³-hybridized carbons (Fsp3) is 1.00. The fourth-order valence-electron chi connectivity index (χ4n) is 6.63. The van der Waals surface area contributed by atoms with Gasteiger partial charge in [-0.2, -0.15) is 0 Å². The minimum absolute atomic E-state index is 0.519. The molecule has 0 aliphatic heterocycles. The summed E-state index contributed by atoms with van der Waals surface area (Å²) in [4.78, 5) is 5.36. The second kappa shape index (κ2) is 19.4. The molecule has 0 bridgehead atoms. The molecule has 0 aromatic carbocycles. The lowest BCUT2D eigenvalue weighted by Gasteiger charge is -2.56. The highest BCUT2D eigenvalue weighted by atomic mass is 28.4. The van der Waals surface area contributed by atoms with Crippen LogP contribution in [0.5, 0.6) is 0 Å². The molecule has 0 aliphatic carbocycles. The molecule has 0 aromatic heterocycles. The van der Waals surface area contributed by atoms with E-state index in [9.17, 15) is 0 Å². The third-order valence-electron chi connectivity index (χ3n) is 9.31. The Kier molecular flexibility index (Phi) is 19.5. The lowest BCUT2D eigenvalue weighted by Crippen LogP contribution is -2.75. The van der Waals surface area contributed by atoms with Crippen LogP contribution in [0, 0.1) is 0 Å². The fourth-order valence-corrected chi connectivity index (χ4v) is 15.6. The predicted octanol–water partition coefficient (Wildman–Crippen LogP) is 7.48. The van der Waals surface area contributed by atoms with Gasteiger partial charge in [0, 0.05) is 60.9 Å². The van der Waals surface area contributed by atoms with Gasteiger partial charge in [0.05, 0.1) is 0 Å². The van der Waals surface area contributed by atoms with Gasteiger partial charge in [-0.1, -0.05) is 55.4 Å². The molecule has 0 rings (SSSR count). The van der Waals surface area contributed by atoms with E-state index < -0.39 is 18.4 Å². The Hall–Kier alpha value is 0.234. The summed E-state index contributed by atoms with van der Waals surface area (Å²) in [5.74, 6) is 0. The molecule has 0 aromatic rings. The summed E-state index contributed by atoms with van der Waals surface area (Å²) in [6.07, 6.45) is 4.69. The zero-order valence-electron chi connectivity index (χ0n) is 29.7. The molecular formula is C32H74N4OSi2. The van der Waals surface area contributed by atoms with E-state index in [0.717, 1.165) is 19.1 Å². The van der Waals surface area contributed by atoms with E-state index in [4.69, 9.17) is 4.12 Å². The first kappa shape index (κ1) is 39.2. The molecule has 0 fully saturated rings. The minimum atomic E-state index is -2.50. The van der Waals surface area contributed by atoms with Crippen molar-refractivity contribution >= 4 is 18.4 Å². The zero-order chi connectivity index (χ0) is 30.5. The van der Waals surface area contributed by atoms with Crippen molar-refractivity contribution in [2.75, 3.05) is 13.1 Å². The molecule has 0 N–H and O–H groups in total. The zero-order valence-corrected chi connectivity index (χ0v) is 32.1. The molecule has 0 saturated heterocycles. The van der Waals surface area contributed by atoms with Gasteiger partial charge in [0.15, 0.2) is 9.76 Å². The van der Waals surface area contributed by atoms with Crippen LogP contribution in [0.2, 0.25) is 12.1 Å². The van der Waals surface area contributed by atoms with Crippen molar-refractivity contribution in [3.05, 3.63) is 0 Å². The molecule has 236 valence electrons. The summed E-state index contributed by atoms with van der Waals surface area (Å²) in [5, 5.41) is 0. The van der Waals surface area contributed by atoms with E-state index in [-0.39, 0.29) is 0 Å². The average molecular weight is 587 g/mol. The molecule has 5 nitrogen and oxygen atoms in total. The smallest absolute Gasteiger partial charge is 0.348 e. The van der Waals surface area contributed by atoms with Crippen LogP contribution < -0.4 is 0 Å². The van der Waals surface area contributed by atoms with Crippen LogP contribution in [0.3, 0.4) is 0 Å². The molecule has 0 aliphatic rings. The highest BCUT2D eigenvalue weighted by Crippen LogP contribution is 2.34. The molecule has 0 heterocycles. The maximum atomic E-state index is 7.74. The van der Waals surface area contributed by atoms with E-state index in [0.29, 0.717) is 48.3 Å². The molecule has 0 spiro atoms. The summed E-state index contributed by atoms with van der Waals surface area (Å²) in [7, 11) is -3.21. The number of rotatable bonds is 22. The van der Waals surface area contributed by atoms with E-state index in [2.05, 4.69) is 130 Å². The van der Waals surface area contributed by atoms with Gasteiger partial charge in [0.1, 0.15) is 0 Å². The molecule has 0 saturated carbocycles. The maximum Gasteiger partial charge on any atom is 0.348 e. The van der Waals surface area contributed by atoms with Gasteiger partial charge in [-0.25, -0.2) is 0 Å². The van der Waals surface area contributed by atoms with Crippen molar-refractivity contribution in [3.8, 4) is 0 Å². The summed E-state index contributed by atoms with van der Waals surface area (Å²) in [5.41, 5.74) is 0. The van der Waals surface area contributed by atoms with E-state index in [1.54, 1.807) is 0 Å². The number of hydrogen-bond donors (Lipinski definition) is 0. The van der Waals surface area contributed by atoms with Crippen LogP contribution in [0.15, 0.2) is 0 Å². The Morgan fingerprint density at radius 2 is 0.821 bits per heavy atom. The topological polar surface area (TPSA) is 22.2 Å². The first-order valence-corrected chi connectivity index (χ1v) is 20.5. The molecule has 0 radical (unpaired) electrons. The lowest BCUT2D eigenvalue weighted by molar-refractivity contribution is 0.116. The van der Waals surface area contributed by atoms with Crippen LogP contribution >= 0.6 is 0 Å². The second-order valence-corrected chi connectivity index (χ2v) is 18.7. The van der Waals surface area contributed by atoms with Gasteiger partial charge < -0.3 is 4.12 Å². The van der Waals surface area contributed by atoms with Crippen LogP contribution in [-0.2, 0) is 4.12 Å². The summed E-state index contributed by atoms with van der Waals surface area (Å²) < 4.78 is 13.7. The van der Waals surface area contributed by atoms with Gasteiger partial charge in [-0.3, -0.25) is 18.9 Å². The van der Waals surface area contributed by atoms with Crippen LogP contribution in [0.1, 0.15) is 136 Å². The van der Waals surface area contributed by atoms with Crippen molar-refractivity contribution in [2.45, 2.75) is 197 Å². The van der Waals surface area contributed by atoms with Crippen molar-refractivity contribution in [1.29, 1.82) is 0 Å². The minimum Gasteiger partial charge on any atom is -0.439 e. The SMILES string of the molecule is CCC(C)N(C(C)CC)[Si](CCN(C(C)C)C(C)C)(O[SiH2]CCN(C(C)C)C(C)C)N(C(C)CC)C(C)CC. The molecule has 4 unspecified atom stereocenters. The molecular weight excluding hydrogens is 513 g/mol. The lowest BCUT2D eigenvalue weighted by atomic mass is 10.2. The Morgan fingerprint density at radius 1 is 0.513 bits per heavy atom. The van der Waals surface area contributed by atoms with Crippen molar-refractivity contribution in [1.82, 2.24) is 18.9 Å². The second-order valence-electron chi connectivity index (χ2n) is 13.4. The third kappa shape index (κ3) is 11.4. The first-order valence-electron chi connectivity index (χ1n) is 16.9. The van der Waals surface area contributed by atoms with Crippen LogP contribution in [0.25, 0.3) is 0 Å². The average Bonchev–Trinajstić information content (AvgIpc) is 2.86. The normalized spacial score (nSPS) is 18.2. The first-order chi connectivity index (χ1) is 18.2. The highest BCUT2D eigenvalue weighted by molar-refractivity contribution is 6.72. The molecule has 0 amide bonds. The van der Waals surface area contributed by atoms with Gasteiger partial charge >= 0.3 is 8.64 Å². The van der Waals surface area contributed by atoms with Crippen LogP contribution in [-0.4, -0.2) is 98.8 Å². The third-order valence-corrected chi connectivity index (χ3v) is 16.8. The van der Waals surface area contributed by atoms with Gasteiger partial charge in [-0.05, 0) is 93.7 Å². The Bertz CT molecular complexity index is 559. The molecule has 39 heavy (non-hydrogen) atoms. The van der Waals surface area contributed by atoms with Gasteiger partial charge in [0.2, 0.25) is 0 Å². The quantitative estimate of drug-likeness (QED) is 0.0966. The van der Waals surface area contributed by atoms with E-state index in [1.807, 2.05) is 0 Å². The molecule has 4 atom stereocenters. The Morgan fingerprint density at radius 3 is 1.10 bits per heavy atom. The van der Waals surface area contributed by atoms with Crippen LogP contribution in [0.4, 0.5) is 0 Å². The van der Waals surface area contributed by atoms with Crippen molar-refractivity contribution in [2.24, 2.45) is 0 Å². The largest absolute Gasteiger partial charge is 0.439 e. The number of hydrogen-bond acceptors (Lipinski definition) is 5. The van der Waals surface area contributed by atoms with Gasteiger partial charge in [-0.15, -0.1) is 0 Å². The molecule has 7 heteroatoms. The van der Waals surface area contributed by atoms with Gasteiger partial charge in [0.25, 0.3) is 0 Å². The standard InChI is InChI=1S/C32H74N4OSi2/c1-17-29(13)35(30(14)18-2)39(24-22-34(27(9)10)28(11)12,36(31(15)19-3)32(16)20-4)37-38-23-21-33(25(5)6)26(7)8/h25-32H,17-24,38H2,1-16H3. The Balaban J connectivity index is 6.91. The van der Waals surface area contributed by atoms with Crippen molar-refractivity contribution < 1.29 is 4.12 Å². The van der Waals surface area contributed by atoms with E-state index >= 15 is 0 Å². The highest BCUT2D eigenvalue weighted by Gasteiger charge is 2.53. The summed E-state index contributed by atoms with van der Waals surface area (Å²) in [6.45, 7) is 40.6. The summed E-state index contributed by atoms with van der Waals surface area (Å²) >= 11 is 0. The van der Waals surface area contributed by atoms with E-state index in [1.165, 1.54) is 31.7 Å². The monoisotopic (exact) mass is 587 g/mol. The summed E-state index contributed by atoms with van der Waals surface area (Å²) in [6, 6.07) is 6.72. The maximum absolute atomic E-state index is 7.74. The Labute approximate surface area is 251 Å².